The molecule has 0 aromatic heterocycles. The molecule has 0 fully saturated rings. The van der Waals surface area contributed by atoms with Gasteiger partial charge in [0.25, 0.3) is 10.0 Å². The van der Waals surface area contributed by atoms with Crippen LogP contribution in [-0.4, -0.2) is 62.4 Å². The summed E-state index contributed by atoms with van der Waals surface area (Å²) in [7, 11) is -7.36. The Morgan fingerprint density at radius 1 is 0.467 bits per heavy atom. The third-order valence-electron chi connectivity index (χ3n) is 3.30. The Morgan fingerprint density at radius 3 is 0.933 bits per heavy atom. The van der Waals surface area contributed by atoms with Gasteiger partial charge in [0.15, 0.2) is 0 Å². The van der Waals surface area contributed by atoms with Crippen molar-refractivity contribution in [1.82, 2.24) is 4.72 Å². The number of hydrogen-bond acceptors (Lipinski definition) is 2. The lowest BCUT2D eigenvalue weighted by Gasteiger charge is -2.42. The minimum absolute atomic E-state index is 0.184. The van der Waals surface area contributed by atoms with Gasteiger partial charge < -0.3 is 0 Å². The van der Waals surface area contributed by atoms with Gasteiger partial charge in [0.05, 0.1) is 0 Å². The fourth-order valence-electron chi connectivity index (χ4n) is 1.45. The van der Waals surface area contributed by atoms with Crippen molar-refractivity contribution in [3.63, 3.8) is 0 Å². The van der Waals surface area contributed by atoms with Crippen molar-refractivity contribution >= 4 is 10.0 Å². The van der Waals surface area contributed by atoms with Gasteiger partial charge in [-0.25, -0.2) is 13.1 Å². The van der Waals surface area contributed by atoms with Crippen molar-refractivity contribution in [2.24, 2.45) is 0 Å². The fourth-order valence-corrected chi connectivity index (χ4v) is 2.17. The Hall–Kier alpha value is -1.28. The molecule has 182 valence electrons. The highest BCUT2D eigenvalue weighted by atomic mass is 32.2. The molecule has 0 saturated carbocycles. The van der Waals surface area contributed by atoms with E-state index in [2.05, 4.69) is 0 Å². The van der Waals surface area contributed by atoms with E-state index in [4.69, 9.17) is 0 Å². The molecular formula is C9H4F17NO2S. The van der Waals surface area contributed by atoms with Crippen molar-refractivity contribution < 1.29 is 83.1 Å². The molecule has 0 spiro atoms. The van der Waals surface area contributed by atoms with Crippen molar-refractivity contribution in [3.05, 3.63) is 0 Å². The maximum absolute atomic E-state index is 13.2. The zero-order valence-corrected chi connectivity index (χ0v) is 14.0. The van der Waals surface area contributed by atoms with E-state index in [1.54, 1.807) is 0 Å². The van der Waals surface area contributed by atoms with Gasteiger partial charge in [-0.15, -0.1) is 0 Å². The Balaban J connectivity index is 6.93. The maximum Gasteiger partial charge on any atom is 0.460 e. The summed E-state index contributed by atoms with van der Waals surface area (Å²) in [6.07, 6.45) is -7.85. The predicted octanol–water partition coefficient (Wildman–Crippen LogP) is 4.50. The van der Waals surface area contributed by atoms with Crippen molar-refractivity contribution in [2.45, 2.75) is 47.0 Å². The van der Waals surface area contributed by atoms with E-state index in [0.717, 1.165) is 0 Å². The van der Waals surface area contributed by atoms with Gasteiger partial charge in [-0.3, -0.25) is 0 Å². The number of rotatable bonds is 8. The van der Waals surface area contributed by atoms with Crippen LogP contribution in [0.3, 0.4) is 0 Å². The smallest absolute Gasteiger partial charge is 0.213 e. The van der Waals surface area contributed by atoms with Crippen LogP contribution in [-0.2, 0) is 10.0 Å². The maximum atomic E-state index is 13.2. The Labute approximate surface area is 153 Å². The zero-order valence-electron chi connectivity index (χ0n) is 13.2. The first kappa shape index (κ1) is 28.7. The number of sulfonamides is 1. The largest absolute Gasteiger partial charge is 0.460 e. The van der Waals surface area contributed by atoms with E-state index in [0.29, 0.717) is 0 Å². The molecule has 30 heavy (non-hydrogen) atoms. The summed E-state index contributed by atoms with van der Waals surface area (Å²) in [6, 6.07) is 0. The molecule has 1 N–H and O–H groups in total. The minimum Gasteiger partial charge on any atom is -0.213 e. The van der Waals surface area contributed by atoms with Crippen LogP contribution >= 0.6 is 0 Å². The molecule has 0 aromatic rings. The Bertz CT molecular complexity index is 752. The lowest BCUT2D eigenvalue weighted by molar-refractivity contribution is -0.458. The van der Waals surface area contributed by atoms with Gasteiger partial charge >= 0.3 is 47.0 Å². The third-order valence-corrected chi connectivity index (χ3v) is 4.77. The first-order chi connectivity index (χ1) is 12.6. The van der Waals surface area contributed by atoms with Gasteiger partial charge in [-0.2, -0.15) is 74.6 Å². The molecule has 0 heterocycles. The lowest BCUT2D eigenvalue weighted by Crippen LogP contribution is -2.75. The number of hydrogen-bond donors (Lipinski definition) is 1. The van der Waals surface area contributed by atoms with Crippen LogP contribution in [0.25, 0.3) is 0 Å². The molecule has 0 aromatic carbocycles. The molecule has 0 aliphatic carbocycles. The van der Waals surface area contributed by atoms with Crippen LogP contribution in [0.4, 0.5) is 74.6 Å². The summed E-state index contributed by atoms with van der Waals surface area (Å²) >= 11 is 0. The summed E-state index contributed by atoms with van der Waals surface area (Å²) in [5.74, 6) is -51.4. The summed E-state index contributed by atoms with van der Waals surface area (Å²) in [6.45, 7) is 0. The summed E-state index contributed by atoms with van der Waals surface area (Å²) in [5, 5.41) is -7.50. The van der Waals surface area contributed by atoms with Crippen LogP contribution in [0.1, 0.15) is 0 Å². The van der Waals surface area contributed by atoms with E-state index < -0.39 is 57.0 Å². The fraction of sp³-hybridized carbons (Fsp3) is 1.00. The molecule has 0 radical (unpaired) electrons. The molecule has 0 atom stereocenters. The summed E-state index contributed by atoms with van der Waals surface area (Å²) in [5.41, 5.74) is 0. The summed E-state index contributed by atoms with van der Waals surface area (Å²) < 4.78 is 240. The number of halogens is 17. The van der Waals surface area contributed by atoms with E-state index >= 15 is 0 Å². The average Bonchev–Trinajstić information content (AvgIpc) is 2.52. The normalized spacial score (nSPS) is 16.7. The highest BCUT2D eigenvalue weighted by Crippen LogP contribution is 2.64. The molecule has 0 aliphatic heterocycles. The van der Waals surface area contributed by atoms with Crippen molar-refractivity contribution in [2.75, 3.05) is 7.05 Å². The van der Waals surface area contributed by atoms with Crippen LogP contribution in [0, 0.1) is 0 Å². The van der Waals surface area contributed by atoms with Crippen LogP contribution in [0.2, 0.25) is 0 Å². The van der Waals surface area contributed by atoms with Gasteiger partial charge in [0, 0.05) is 0 Å². The lowest BCUT2D eigenvalue weighted by atomic mass is 9.91. The third kappa shape index (κ3) is 3.25. The standard InChI is InChI=1S/C9H4F17NO2S/c1-27-30(28,29)9(25,26)7(20,21)5(16,17)3(12,13)2(10,11)4(14,15)6(18,19)8(22,23)24/h27H,1H3. The number of nitrogens with one attached hydrogen (secondary N) is 1. The van der Waals surface area contributed by atoms with Gasteiger partial charge in [-0.1, -0.05) is 0 Å². The van der Waals surface area contributed by atoms with Crippen LogP contribution in [0.5, 0.6) is 0 Å². The molecule has 0 amide bonds. The quantitative estimate of drug-likeness (QED) is 0.487. The molecule has 21 heteroatoms. The highest BCUT2D eigenvalue weighted by molar-refractivity contribution is 7.90. The predicted molar refractivity (Wildman–Crippen MR) is 58.7 cm³/mol. The van der Waals surface area contributed by atoms with E-state index in [1.807, 2.05) is 0 Å². The molecule has 3 nitrogen and oxygen atoms in total. The highest BCUT2D eigenvalue weighted by Gasteiger charge is 2.96. The molecule has 0 unspecified atom stereocenters. The monoisotopic (exact) mass is 513 g/mol. The van der Waals surface area contributed by atoms with Crippen molar-refractivity contribution in [1.29, 1.82) is 0 Å². The second-order valence-electron chi connectivity index (χ2n) is 5.17. The number of alkyl halides is 17. The SMILES string of the molecule is CNS(=O)(=O)C(F)(F)C(F)(F)C(F)(F)C(F)(F)C(F)(F)C(F)(F)C(F)(F)C(F)(F)F. The van der Waals surface area contributed by atoms with Crippen LogP contribution in [0.15, 0.2) is 0 Å². The topological polar surface area (TPSA) is 46.2 Å². The van der Waals surface area contributed by atoms with E-state index in [9.17, 15) is 83.1 Å². The second kappa shape index (κ2) is 6.86. The van der Waals surface area contributed by atoms with E-state index in [1.165, 1.54) is 0 Å². The van der Waals surface area contributed by atoms with Gasteiger partial charge in [-0.05, 0) is 7.05 Å². The van der Waals surface area contributed by atoms with Crippen LogP contribution < -0.4 is 4.72 Å². The first-order valence-electron chi connectivity index (χ1n) is 6.20. The van der Waals surface area contributed by atoms with Crippen molar-refractivity contribution in [3.8, 4) is 0 Å². The van der Waals surface area contributed by atoms with E-state index in [-0.39, 0.29) is 11.8 Å². The minimum atomic E-state index is -8.81. The average molecular weight is 513 g/mol. The molecule has 0 rings (SSSR count). The molecular weight excluding hydrogens is 509 g/mol. The molecule has 0 saturated heterocycles. The molecule has 0 bridgehead atoms. The first-order valence-corrected chi connectivity index (χ1v) is 7.69. The molecule has 0 aliphatic rings. The van der Waals surface area contributed by atoms with Gasteiger partial charge in [0.2, 0.25) is 0 Å². The Kier molecular flexibility index (Phi) is 6.57. The second-order valence-corrected chi connectivity index (χ2v) is 7.10. The Morgan fingerprint density at radius 2 is 0.700 bits per heavy atom. The van der Waals surface area contributed by atoms with Gasteiger partial charge in [0.1, 0.15) is 0 Å². The summed E-state index contributed by atoms with van der Waals surface area (Å²) in [4.78, 5) is 0. The zero-order chi connectivity index (χ0) is 25.2.